The molecule has 2 aromatic carbocycles. The third kappa shape index (κ3) is 6.82. The molecule has 0 radical (unpaired) electrons. The van der Waals surface area contributed by atoms with Crippen LogP contribution in [0.2, 0.25) is 0 Å². The maximum atomic E-state index is 13.3. The third-order valence-corrected chi connectivity index (χ3v) is 7.67. The van der Waals surface area contributed by atoms with Crippen LogP contribution in [0.5, 0.6) is 5.75 Å². The summed E-state index contributed by atoms with van der Waals surface area (Å²) in [7, 11) is 0. The molecule has 202 valence electrons. The summed E-state index contributed by atoms with van der Waals surface area (Å²) < 4.78 is 61.1. The lowest BCUT2D eigenvalue weighted by atomic mass is 9.80. The number of carbonyl (C=O) groups is 1. The Hall–Kier alpha value is -2.65. The molecule has 0 spiro atoms. The number of ether oxygens (including phenoxy) is 2. The van der Waals surface area contributed by atoms with Crippen molar-refractivity contribution in [1.82, 2.24) is 10.2 Å². The van der Waals surface area contributed by atoms with Crippen molar-refractivity contribution in [1.29, 1.82) is 0 Å². The Labute approximate surface area is 215 Å². The number of nitrogens with zero attached hydrogens (tertiary/aromatic N) is 1. The van der Waals surface area contributed by atoms with Crippen LogP contribution in [-0.4, -0.2) is 48.5 Å². The molecule has 2 atom stereocenters. The average Bonchev–Trinajstić information content (AvgIpc) is 2.87. The second kappa shape index (κ2) is 11.4. The van der Waals surface area contributed by atoms with Crippen molar-refractivity contribution >= 4 is 5.91 Å². The third-order valence-electron chi connectivity index (χ3n) is 7.67. The van der Waals surface area contributed by atoms with Crippen molar-refractivity contribution < 1.29 is 31.8 Å². The minimum absolute atomic E-state index is 0.0717. The van der Waals surface area contributed by atoms with E-state index in [1.54, 1.807) is 6.07 Å². The van der Waals surface area contributed by atoms with Gasteiger partial charge in [0.1, 0.15) is 17.2 Å². The fourth-order valence-electron chi connectivity index (χ4n) is 5.48. The zero-order valence-corrected chi connectivity index (χ0v) is 21.2. The quantitative estimate of drug-likeness (QED) is 0.468. The molecule has 0 aliphatic carbocycles. The van der Waals surface area contributed by atoms with E-state index in [0.717, 1.165) is 32.4 Å². The van der Waals surface area contributed by atoms with Gasteiger partial charge >= 0.3 is 6.36 Å². The SMILES string of the molecule is CC(C)[C@]1(C(=O)NCc2cccc(OC(F)(F)F)c2)CC[C@@H](N2CCC(c3ccc(F)cc3)CC2)CO1. The highest BCUT2D eigenvalue weighted by Gasteiger charge is 2.46. The van der Waals surface area contributed by atoms with Gasteiger partial charge in [-0.2, -0.15) is 0 Å². The van der Waals surface area contributed by atoms with Gasteiger partial charge in [-0.3, -0.25) is 9.69 Å². The van der Waals surface area contributed by atoms with E-state index in [0.29, 0.717) is 24.5 Å². The smallest absolute Gasteiger partial charge is 0.406 e. The van der Waals surface area contributed by atoms with Gasteiger partial charge in [-0.05, 0) is 86.0 Å². The minimum atomic E-state index is -4.77. The molecule has 2 aliphatic heterocycles. The molecule has 1 amide bonds. The lowest BCUT2D eigenvalue weighted by Gasteiger charge is -2.46. The second-order valence-electron chi connectivity index (χ2n) is 10.3. The predicted octanol–water partition coefficient (Wildman–Crippen LogP) is 5.79. The van der Waals surface area contributed by atoms with Crippen molar-refractivity contribution in [2.45, 2.75) is 70.0 Å². The first-order chi connectivity index (χ1) is 17.6. The summed E-state index contributed by atoms with van der Waals surface area (Å²) in [6.07, 6.45) is -1.39. The van der Waals surface area contributed by atoms with Crippen LogP contribution in [0.1, 0.15) is 56.6 Å². The Balaban J connectivity index is 1.30. The lowest BCUT2D eigenvalue weighted by molar-refractivity contribution is -0.274. The highest BCUT2D eigenvalue weighted by molar-refractivity contribution is 5.85. The standard InChI is InChI=1S/C28H34F4N2O3/c1-19(2)27(26(35)33-17-20-4-3-5-25(16-20)37-28(30,31)32)13-10-24(18-36-27)34-14-11-22(12-15-34)21-6-8-23(29)9-7-21/h3-9,16,19,22,24H,10-15,17-18H2,1-2H3,(H,33,35)/t24-,27+/m1/s1. The molecule has 2 heterocycles. The number of benzene rings is 2. The van der Waals surface area contributed by atoms with E-state index in [-0.39, 0.29) is 36.0 Å². The molecule has 2 aromatic rings. The molecule has 4 rings (SSSR count). The summed E-state index contributed by atoms with van der Waals surface area (Å²) in [6.45, 7) is 6.27. The van der Waals surface area contributed by atoms with Gasteiger partial charge in [-0.15, -0.1) is 13.2 Å². The van der Waals surface area contributed by atoms with E-state index in [2.05, 4.69) is 15.0 Å². The van der Waals surface area contributed by atoms with E-state index >= 15 is 0 Å². The molecule has 2 aliphatic rings. The number of halogens is 4. The molecule has 0 aromatic heterocycles. The van der Waals surface area contributed by atoms with E-state index in [1.165, 1.54) is 35.9 Å². The van der Waals surface area contributed by atoms with E-state index in [1.807, 2.05) is 26.0 Å². The number of piperidine rings is 1. The second-order valence-corrected chi connectivity index (χ2v) is 10.3. The van der Waals surface area contributed by atoms with Crippen molar-refractivity contribution in [3.8, 4) is 5.75 Å². The van der Waals surface area contributed by atoms with Gasteiger partial charge in [-0.1, -0.05) is 38.1 Å². The number of likely N-dealkylation sites (tertiary alicyclic amines) is 1. The number of amides is 1. The summed E-state index contributed by atoms with van der Waals surface area (Å²) in [6, 6.07) is 12.6. The van der Waals surface area contributed by atoms with Gasteiger partial charge in [0.25, 0.3) is 5.91 Å². The molecule has 0 unspecified atom stereocenters. The topological polar surface area (TPSA) is 50.8 Å². The van der Waals surface area contributed by atoms with Crippen molar-refractivity contribution in [2.75, 3.05) is 19.7 Å². The maximum absolute atomic E-state index is 13.3. The van der Waals surface area contributed by atoms with Gasteiger partial charge in [0, 0.05) is 12.6 Å². The molecule has 9 heteroatoms. The number of alkyl halides is 3. The summed E-state index contributed by atoms with van der Waals surface area (Å²) >= 11 is 0. The fourth-order valence-corrected chi connectivity index (χ4v) is 5.48. The van der Waals surface area contributed by atoms with Crippen LogP contribution in [0.4, 0.5) is 17.6 Å². The number of nitrogens with one attached hydrogen (secondary N) is 1. The Morgan fingerprint density at radius 1 is 1.14 bits per heavy atom. The normalized spacial score (nSPS) is 23.7. The molecule has 2 fully saturated rings. The van der Waals surface area contributed by atoms with Gasteiger partial charge in [-0.25, -0.2) is 4.39 Å². The Morgan fingerprint density at radius 3 is 2.43 bits per heavy atom. The molecule has 37 heavy (non-hydrogen) atoms. The Morgan fingerprint density at radius 2 is 1.84 bits per heavy atom. The highest BCUT2D eigenvalue weighted by atomic mass is 19.4. The molecule has 0 bridgehead atoms. The summed E-state index contributed by atoms with van der Waals surface area (Å²) in [5.74, 6) is -0.447. The lowest BCUT2D eigenvalue weighted by Crippen LogP contribution is -2.58. The predicted molar refractivity (Wildman–Crippen MR) is 131 cm³/mol. The van der Waals surface area contributed by atoms with E-state index in [4.69, 9.17) is 4.74 Å². The molecule has 1 N–H and O–H groups in total. The molecular weight excluding hydrogens is 488 g/mol. The van der Waals surface area contributed by atoms with Crippen LogP contribution < -0.4 is 10.1 Å². The first kappa shape index (κ1) is 27.4. The average molecular weight is 523 g/mol. The zero-order valence-electron chi connectivity index (χ0n) is 21.2. The van der Waals surface area contributed by atoms with Crippen LogP contribution in [0, 0.1) is 11.7 Å². The van der Waals surface area contributed by atoms with Crippen molar-refractivity contribution in [3.05, 3.63) is 65.5 Å². The van der Waals surface area contributed by atoms with Crippen LogP contribution in [0.15, 0.2) is 48.5 Å². The Bertz CT molecular complexity index is 1040. The number of carbonyl (C=O) groups excluding carboxylic acids is 1. The maximum Gasteiger partial charge on any atom is 0.573 e. The first-order valence-corrected chi connectivity index (χ1v) is 12.8. The van der Waals surface area contributed by atoms with Gasteiger partial charge in [0.05, 0.1) is 6.61 Å². The van der Waals surface area contributed by atoms with Crippen LogP contribution in [-0.2, 0) is 16.1 Å². The highest BCUT2D eigenvalue weighted by Crippen LogP contribution is 2.36. The summed E-state index contributed by atoms with van der Waals surface area (Å²) in [5, 5.41) is 2.86. The molecule has 0 saturated carbocycles. The number of rotatable bonds is 7. The van der Waals surface area contributed by atoms with Crippen LogP contribution >= 0.6 is 0 Å². The van der Waals surface area contributed by atoms with Gasteiger partial charge < -0.3 is 14.8 Å². The van der Waals surface area contributed by atoms with Crippen molar-refractivity contribution in [2.24, 2.45) is 5.92 Å². The van der Waals surface area contributed by atoms with Crippen LogP contribution in [0.3, 0.4) is 0 Å². The molecule has 2 saturated heterocycles. The minimum Gasteiger partial charge on any atom is -0.406 e. The number of hydrogen-bond donors (Lipinski definition) is 1. The monoisotopic (exact) mass is 522 g/mol. The largest absolute Gasteiger partial charge is 0.573 e. The van der Waals surface area contributed by atoms with Crippen molar-refractivity contribution in [3.63, 3.8) is 0 Å². The van der Waals surface area contributed by atoms with E-state index in [9.17, 15) is 22.4 Å². The first-order valence-electron chi connectivity index (χ1n) is 12.8. The summed E-state index contributed by atoms with van der Waals surface area (Å²) in [5.41, 5.74) is 0.696. The molecular formula is C28H34F4N2O3. The zero-order chi connectivity index (χ0) is 26.6. The Kier molecular flexibility index (Phi) is 8.43. The van der Waals surface area contributed by atoms with E-state index < -0.39 is 12.0 Å². The summed E-state index contributed by atoms with van der Waals surface area (Å²) in [4.78, 5) is 15.7. The van der Waals surface area contributed by atoms with Gasteiger partial charge in [0.15, 0.2) is 0 Å². The number of hydrogen-bond acceptors (Lipinski definition) is 4. The van der Waals surface area contributed by atoms with Gasteiger partial charge in [0.2, 0.25) is 0 Å². The molecule has 5 nitrogen and oxygen atoms in total. The fraction of sp³-hybridized carbons (Fsp3) is 0.536. The van der Waals surface area contributed by atoms with Crippen LogP contribution in [0.25, 0.3) is 0 Å².